The van der Waals surface area contributed by atoms with Gasteiger partial charge in [-0.25, -0.2) is 14.2 Å². The van der Waals surface area contributed by atoms with E-state index in [-0.39, 0.29) is 35.8 Å². The van der Waals surface area contributed by atoms with Crippen molar-refractivity contribution in [3.63, 3.8) is 0 Å². The highest BCUT2D eigenvalue weighted by molar-refractivity contribution is 5.87. The van der Waals surface area contributed by atoms with Crippen molar-refractivity contribution in [2.45, 2.75) is 64.8 Å². The maximum atomic E-state index is 14.2. The van der Waals surface area contributed by atoms with Crippen molar-refractivity contribution >= 4 is 22.6 Å². The minimum Gasteiger partial charge on any atom is -0.377 e. The number of alkyl halides is 1. The first-order valence-electron chi connectivity index (χ1n) is 11.9. The van der Waals surface area contributed by atoms with Gasteiger partial charge in [-0.15, -0.1) is 0 Å². The van der Waals surface area contributed by atoms with Crippen LogP contribution in [0.25, 0.3) is 16.7 Å². The quantitative estimate of drug-likeness (QED) is 0.770. The molecule has 7 nitrogen and oxygen atoms in total. The minimum atomic E-state index is -1.84. The number of fused-ring (bicyclic) bond motifs is 2. The van der Waals surface area contributed by atoms with Crippen molar-refractivity contribution in [2.75, 3.05) is 13.1 Å². The van der Waals surface area contributed by atoms with Gasteiger partial charge in [0.15, 0.2) is 11.2 Å². The molecule has 4 atom stereocenters. The van der Waals surface area contributed by atoms with Gasteiger partial charge in [-0.1, -0.05) is 26.8 Å². The van der Waals surface area contributed by atoms with E-state index in [0.717, 1.165) is 23.2 Å². The van der Waals surface area contributed by atoms with Crippen LogP contribution in [0.3, 0.4) is 0 Å². The molecule has 1 aliphatic heterocycles. The van der Waals surface area contributed by atoms with Crippen LogP contribution < -0.4 is 5.69 Å². The van der Waals surface area contributed by atoms with Gasteiger partial charge in [0.05, 0.1) is 11.2 Å². The SMILES string of the molecule is Cn1c(=O)n(CC(C)(C)C)c2ccc(C3=CC4CN(C(=O)[C@@]5(O)CCC[C@H]5F)CC4C3)nc21. The van der Waals surface area contributed by atoms with Crippen molar-refractivity contribution in [1.82, 2.24) is 19.0 Å². The molecule has 2 unspecified atom stereocenters. The third kappa shape index (κ3) is 3.63. The Balaban J connectivity index is 1.37. The van der Waals surface area contributed by atoms with Crippen LogP contribution in [-0.4, -0.2) is 54.9 Å². The highest BCUT2D eigenvalue weighted by Crippen LogP contribution is 2.43. The summed E-state index contributed by atoms with van der Waals surface area (Å²) in [5.41, 5.74) is 1.56. The van der Waals surface area contributed by atoms with Gasteiger partial charge in [0, 0.05) is 26.7 Å². The fraction of sp³-hybridized carbons (Fsp3) is 0.640. The Kier molecular flexibility index (Phi) is 5.08. The lowest BCUT2D eigenvalue weighted by Crippen LogP contribution is -2.51. The van der Waals surface area contributed by atoms with Gasteiger partial charge in [-0.05, 0) is 60.6 Å². The molecule has 0 spiro atoms. The standard InChI is InChI=1S/C25H33FN4O3/c1-24(2,3)14-30-19-8-7-18(27-21(19)28(4)23(30)32)15-10-16-12-29(13-17(16)11-15)22(31)25(33)9-5-6-20(25)26/h7-8,10,16-17,20,33H,5-6,9,11-14H2,1-4H3/t16?,17?,20-,25-/m1/s1. The smallest absolute Gasteiger partial charge is 0.330 e. The number of amides is 1. The van der Waals surface area contributed by atoms with Gasteiger partial charge in [0.1, 0.15) is 6.17 Å². The monoisotopic (exact) mass is 456 g/mol. The van der Waals surface area contributed by atoms with E-state index in [1.807, 2.05) is 12.1 Å². The zero-order valence-electron chi connectivity index (χ0n) is 19.8. The number of halogens is 1. The summed E-state index contributed by atoms with van der Waals surface area (Å²) < 4.78 is 17.6. The number of likely N-dealkylation sites (tertiary alicyclic amines) is 1. The summed E-state index contributed by atoms with van der Waals surface area (Å²) in [5, 5.41) is 10.6. The van der Waals surface area contributed by atoms with Crippen LogP contribution in [0.15, 0.2) is 23.0 Å². The lowest BCUT2D eigenvalue weighted by Gasteiger charge is -2.29. The van der Waals surface area contributed by atoms with Gasteiger partial charge in [-0.3, -0.25) is 13.9 Å². The zero-order valence-corrected chi connectivity index (χ0v) is 19.8. The molecule has 2 aromatic heterocycles. The maximum Gasteiger partial charge on any atom is 0.330 e. The van der Waals surface area contributed by atoms with Crippen molar-refractivity contribution in [3.05, 3.63) is 34.4 Å². The predicted molar refractivity (Wildman–Crippen MR) is 124 cm³/mol. The molecule has 3 heterocycles. The van der Waals surface area contributed by atoms with Crippen molar-refractivity contribution in [1.29, 1.82) is 0 Å². The van der Waals surface area contributed by atoms with Crippen molar-refractivity contribution in [3.8, 4) is 0 Å². The highest BCUT2D eigenvalue weighted by atomic mass is 19.1. The first-order valence-corrected chi connectivity index (χ1v) is 11.9. The van der Waals surface area contributed by atoms with Gasteiger partial charge in [0.25, 0.3) is 5.91 Å². The van der Waals surface area contributed by atoms with E-state index in [1.54, 1.807) is 21.1 Å². The summed E-state index contributed by atoms with van der Waals surface area (Å²) in [4.78, 5) is 32.1. The third-order valence-electron chi connectivity index (χ3n) is 7.52. The van der Waals surface area contributed by atoms with Crippen LogP contribution in [0.2, 0.25) is 0 Å². The molecule has 3 aliphatic rings. The number of aryl methyl sites for hydroxylation is 1. The second kappa shape index (κ2) is 7.52. The number of aliphatic hydroxyl groups is 1. The van der Waals surface area contributed by atoms with E-state index < -0.39 is 17.7 Å². The van der Waals surface area contributed by atoms with Crippen LogP contribution in [-0.2, 0) is 18.4 Å². The Morgan fingerprint density at radius 2 is 2.06 bits per heavy atom. The van der Waals surface area contributed by atoms with Gasteiger partial charge >= 0.3 is 5.69 Å². The fourth-order valence-electron chi connectivity index (χ4n) is 5.81. The number of carbonyl (C=O) groups is 1. The molecule has 178 valence electrons. The number of imidazole rings is 1. The lowest BCUT2D eigenvalue weighted by atomic mass is 9.97. The molecule has 0 aromatic carbocycles. The van der Waals surface area contributed by atoms with Crippen molar-refractivity contribution < 1.29 is 14.3 Å². The number of allylic oxidation sites excluding steroid dienone is 1. The van der Waals surface area contributed by atoms with Crippen LogP contribution in [0.5, 0.6) is 0 Å². The molecule has 1 saturated carbocycles. The van der Waals surface area contributed by atoms with E-state index in [4.69, 9.17) is 4.98 Å². The van der Waals surface area contributed by atoms with E-state index in [1.165, 1.54) is 0 Å². The van der Waals surface area contributed by atoms with Crippen LogP contribution in [0.4, 0.5) is 4.39 Å². The summed E-state index contributed by atoms with van der Waals surface area (Å²) in [6, 6.07) is 3.96. The van der Waals surface area contributed by atoms with Crippen LogP contribution in [0.1, 0.15) is 52.1 Å². The van der Waals surface area contributed by atoms with E-state index in [9.17, 15) is 19.1 Å². The maximum absolute atomic E-state index is 14.2. The number of aromatic nitrogens is 3. The Morgan fingerprint density at radius 1 is 1.30 bits per heavy atom. The number of hydrogen-bond acceptors (Lipinski definition) is 4. The van der Waals surface area contributed by atoms with E-state index in [0.29, 0.717) is 31.7 Å². The van der Waals surface area contributed by atoms with Gasteiger partial charge < -0.3 is 10.0 Å². The predicted octanol–water partition coefficient (Wildman–Crippen LogP) is 2.90. The topological polar surface area (TPSA) is 80.4 Å². The van der Waals surface area contributed by atoms with E-state index in [2.05, 4.69) is 26.8 Å². The zero-order chi connectivity index (χ0) is 23.7. The average molecular weight is 457 g/mol. The number of hydrogen-bond donors (Lipinski definition) is 1. The summed E-state index contributed by atoms with van der Waals surface area (Å²) in [7, 11) is 1.76. The molecule has 0 bridgehead atoms. The average Bonchev–Trinajstić information content (AvgIpc) is 3.47. The third-order valence-corrected chi connectivity index (χ3v) is 7.52. The van der Waals surface area contributed by atoms with Crippen LogP contribution >= 0.6 is 0 Å². The number of nitrogens with zero attached hydrogens (tertiary/aromatic N) is 4. The Labute approximate surface area is 192 Å². The summed E-state index contributed by atoms with van der Waals surface area (Å²) >= 11 is 0. The van der Waals surface area contributed by atoms with Gasteiger partial charge in [-0.2, -0.15) is 0 Å². The van der Waals surface area contributed by atoms with Crippen LogP contribution in [0, 0.1) is 17.3 Å². The Morgan fingerprint density at radius 3 is 2.70 bits per heavy atom. The largest absolute Gasteiger partial charge is 0.377 e. The molecule has 2 aliphatic carbocycles. The number of pyridine rings is 1. The minimum absolute atomic E-state index is 0.0284. The lowest BCUT2D eigenvalue weighted by molar-refractivity contribution is -0.155. The molecule has 1 amide bonds. The fourth-order valence-corrected chi connectivity index (χ4v) is 5.81. The van der Waals surface area contributed by atoms with Crippen molar-refractivity contribution in [2.24, 2.45) is 24.3 Å². The molecule has 1 N–H and O–H groups in total. The normalized spacial score (nSPS) is 29.7. The molecular formula is C25H33FN4O3. The molecular weight excluding hydrogens is 423 g/mol. The molecule has 2 fully saturated rings. The molecule has 1 saturated heterocycles. The highest BCUT2D eigenvalue weighted by Gasteiger charge is 2.52. The second-order valence-corrected chi connectivity index (χ2v) is 11.3. The molecule has 5 rings (SSSR count). The molecule has 33 heavy (non-hydrogen) atoms. The number of carbonyl (C=O) groups excluding carboxylic acids is 1. The summed E-state index contributed by atoms with van der Waals surface area (Å²) in [5.74, 6) is -0.0239. The Hall–Kier alpha value is -2.48. The number of rotatable bonds is 3. The Bertz CT molecular complexity index is 1210. The summed E-state index contributed by atoms with van der Waals surface area (Å²) in [6.07, 6.45) is 2.48. The first-order chi connectivity index (χ1) is 15.5. The second-order valence-electron chi connectivity index (χ2n) is 11.3. The van der Waals surface area contributed by atoms with Gasteiger partial charge in [0.2, 0.25) is 0 Å². The first kappa shape index (κ1) is 22.3. The summed E-state index contributed by atoms with van der Waals surface area (Å²) in [6.45, 7) is 7.97. The molecule has 0 radical (unpaired) electrons. The van der Waals surface area contributed by atoms with E-state index >= 15 is 0 Å². The molecule has 8 heteroatoms. The molecule has 2 aromatic rings.